The molecule has 1 fully saturated rings. The van der Waals surface area contributed by atoms with Crippen molar-refractivity contribution in [1.29, 1.82) is 0 Å². The number of hydrogen-bond acceptors (Lipinski definition) is 4. The van der Waals surface area contributed by atoms with E-state index in [1.54, 1.807) is 25.1 Å². The van der Waals surface area contributed by atoms with Gasteiger partial charge in [-0.25, -0.2) is 0 Å². The molecule has 0 bridgehead atoms. The Kier molecular flexibility index (Phi) is 4.00. The third-order valence-corrected chi connectivity index (χ3v) is 4.69. The molecular weight excluding hydrogens is 268 g/mol. The van der Waals surface area contributed by atoms with Gasteiger partial charge in [0.1, 0.15) is 11.3 Å². The van der Waals surface area contributed by atoms with E-state index in [0.29, 0.717) is 24.3 Å². The van der Waals surface area contributed by atoms with Gasteiger partial charge in [-0.15, -0.1) is 0 Å². The first kappa shape index (κ1) is 15.8. The third-order valence-electron chi connectivity index (χ3n) is 4.69. The van der Waals surface area contributed by atoms with Gasteiger partial charge in [-0.1, -0.05) is 13.8 Å². The fourth-order valence-corrected chi connectivity index (χ4v) is 2.80. The fourth-order valence-electron chi connectivity index (χ4n) is 2.80. The Bertz CT molecular complexity index is 556. The van der Waals surface area contributed by atoms with Gasteiger partial charge < -0.3 is 20.9 Å². The summed E-state index contributed by atoms with van der Waals surface area (Å²) in [6, 6.07) is 4.95. The Labute approximate surface area is 125 Å². The van der Waals surface area contributed by atoms with E-state index in [1.165, 1.54) is 0 Å². The van der Waals surface area contributed by atoms with Crippen molar-refractivity contribution in [2.75, 3.05) is 11.9 Å². The fraction of sp³-hybridized carbons (Fsp3) is 0.562. The smallest absolute Gasteiger partial charge is 0.245 e. The minimum absolute atomic E-state index is 0.000182. The topological polar surface area (TPSA) is 84.6 Å². The molecule has 1 aliphatic rings. The van der Waals surface area contributed by atoms with E-state index in [9.17, 15) is 9.90 Å². The molecule has 2 atom stereocenters. The second-order valence-electron chi connectivity index (χ2n) is 6.30. The zero-order valence-electron chi connectivity index (χ0n) is 13.1. The van der Waals surface area contributed by atoms with Gasteiger partial charge in [-0.2, -0.15) is 0 Å². The Morgan fingerprint density at radius 3 is 2.71 bits per heavy atom. The maximum atomic E-state index is 12.5. The predicted molar refractivity (Wildman–Crippen MR) is 82.2 cm³/mol. The number of amides is 1. The molecular formula is C16H24N2O3. The number of rotatable bonds is 4. The number of carbonyl (C=O) groups is 1. The van der Waals surface area contributed by atoms with E-state index in [1.807, 2.05) is 20.8 Å². The van der Waals surface area contributed by atoms with Gasteiger partial charge in [0, 0.05) is 24.1 Å². The molecule has 0 heterocycles. The van der Waals surface area contributed by atoms with Crippen LogP contribution in [0.25, 0.3) is 0 Å². The molecule has 21 heavy (non-hydrogen) atoms. The molecule has 0 radical (unpaired) electrons. The first-order valence-electron chi connectivity index (χ1n) is 7.24. The second kappa shape index (κ2) is 5.31. The van der Waals surface area contributed by atoms with Crippen molar-refractivity contribution in [1.82, 2.24) is 0 Å². The summed E-state index contributed by atoms with van der Waals surface area (Å²) in [4.78, 5) is 12.5. The molecule has 1 aromatic carbocycles. The van der Waals surface area contributed by atoms with Crippen molar-refractivity contribution in [3.8, 4) is 5.75 Å². The van der Waals surface area contributed by atoms with Crippen LogP contribution in [-0.2, 0) is 9.53 Å². The summed E-state index contributed by atoms with van der Waals surface area (Å²) in [6.07, 6.45) is 0.510. The lowest BCUT2D eigenvalue weighted by atomic mass is 9.54. The molecule has 4 N–H and O–H groups in total. The van der Waals surface area contributed by atoms with Crippen molar-refractivity contribution in [2.24, 2.45) is 11.1 Å². The molecule has 5 nitrogen and oxygen atoms in total. The Morgan fingerprint density at radius 1 is 1.52 bits per heavy atom. The largest absolute Gasteiger partial charge is 0.508 e. The average molecular weight is 292 g/mol. The molecule has 1 amide bonds. The zero-order valence-corrected chi connectivity index (χ0v) is 13.1. The summed E-state index contributed by atoms with van der Waals surface area (Å²) in [6.45, 7) is 8.24. The molecule has 0 saturated heterocycles. The summed E-state index contributed by atoms with van der Waals surface area (Å²) >= 11 is 0. The first-order valence-corrected chi connectivity index (χ1v) is 7.24. The Hall–Kier alpha value is -1.59. The number of nitrogens with one attached hydrogen (secondary N) is 1. The van der Waals surface area contributed by atoms with Crippen molar-refractivity contribution in [3.05, 3.63) is 23.8 Å². The summed E-state index contributed by atoms with van der Waals surface area (Å²) in [7, 11) is 0. The van der Waals surface area contributed by atoms with E-state index in [2.05, 4.69) is 5.32 Å². The van der Waals surface area contributed by atoms with Crippen LogP contribution < -0.4 is 11.1 Å². The van der Waals surface area contributed by atoms with Crippen LogP contribution in [0.5, 0.6) is 5.75 Å². The Morgan fingerprint density at radius 2 is 2.19 bits per heavy atom. The number of carbonyl (C=O) groups excluding carboxylic acids is 1. The number of aromatic hydroxyl groups is 1. The van der Waals surface area contributed by atoms with Crippen LogP contribution in [-0.4, -0.2) is 29.3 Å². The molecule has 1 saturated carbocycles. The SMILES string of the molecule is CCOC1CC(N)(C(=O)Nc2ccc(O)c(C)c2)C1(C)C. The molecule has 1 aliphatic carbocycles. The van der Waals surface area contributed by atoms with Gasteiger partial charge in [0.25, 0.3) is 0 Å². The maximum absolute atomic E-state index is 12.5. The monoisotopic (exact) mass is 292 g/mol. The minimum atomic E-state index is -0.946. The number of nitrogens with two attached hydrogens (primary N) is 1. The molecule has 2 rings (SSSR count). The van der Waals surface area contributed by atoms with Gasteiger partial charge in [0.15, 0.2) is 0 Å². The lowest BCUT2D eigenvalue weighted by Gasteiger charge is -2.57. The van der Waals surface area contributed by atoms with Crippen LogP contribution in [0.1, 0.15) is 32.8 Å². The van der Waals surface area contributed by atoms with Crippen LogP contribution in [0.4, 0.5) is 5.69 Å². The van der Waals surface area contributed by atoms with Gasteiger partial charge in [-0.05, 0) is 37.6 Å². The molecule has 1 aromatic rings. The number of hydrogen-bond donors (Lipinski definition) is 3. The average Bonchev–Trinajstić information content (AvgIpc) is 2.42. The Balaban J connectivity index is 2.12. The quantitative estimate of drug-likeness (QED) is 0.743. The van der Waals surface area contributed by atoms with E-state index in [0.717, 1.165) is 0 Å². The standard InChI is InChI=1S/C16H24N2O3/c1-5-21-13-9-16(17,15(13,3)4)14(20)18-11-6-7-12(19)10(2)8-11/h6-8,13,19H,5,9,17H2,1-4H3,(H,18,20). The summed E-state index contributed by atoms with van der Waals surface area (Å²) < 4.78 is 5.63. The second-order valence-corrected chi connectivity index (χ2v) is 6.30. The number of phenols is 1. The molecule has 116 valence electrons. The highest BCUT2D eigenvalue weighted by Crippen LogP contribution is 2.50. The molecule has 0 aliphatic heterocycles. The number of phenolic OH excluding ortho intramolecular Hbond substituents is 1. The minimum Gasteiger partial charge on any atom is -0.508 e. The molecule has 5 heteroatoms. The number of anilines is 1. The molecule has 0 spiro atoms. The van der Waals surface area contributed by atoms with E-state index in [4.69, 9.17) is 10.5 Å². The lowest BCUT2D eigenvalue weighted by Crippen LogP contribution is -2.74. The normalized spacial score (nSPS) is 27.0. The summed E-state index contributed by atoms with van der Waals surface area (Å²) in [5.74, 6) is -0.00983. The van der Waals surface area contributed by atoms with Crippen molar-refractivity contribution in [3.63, 3.8) is 0 Å². The lowest BCUT2D eigenvalue weighted by molar-refractivity contribution is -0.166. The van der Waals surface area contributed by atoms with Crippen molar-refractivity contribution < 1.29 is 14.6 Å². The van der Waals surface area contributed by atoms with Crippen LogP contribution in [0, 0.1) is 12.3 Å². The van der Waals surface area contributed by atoms with Crippen LogP contribution >= 0.6 is 0 Å². The van der Waals surface area contributed by atoms with Gasteiger partial charge in [0.2, 0.25) is 5.91 Å². The van der Waals surface area contributed by atoms with E-state index < -0.39 is 11.0 Å². The number of benzene rings is 1. The van der Waals surface area contributed by atoms with Gasteiger partial charge in [0.05, 0.1) is 6.10 Å². The number of ether oxygens (including phenoxy) is 1. The summed E-state index contributed by atoms with van der Waals surface area (Å²) in [5.41, 5.74) is 6.30. The highest BCUT2D eigenvalue weighted by atomic mass is 16.5. The highest BCUT2D eigenvalue weighted by molar-refractivity contribution is 5.99. The van der Waals surface area contributed by atoms with Crippen LogP contribution in [0.2, 0.25) is 0 Å². The van der Waals surface area contributed by atoms with Gasteiger partial charge >= 0.3 is 0 Å². The van der Waals surface area contributed by atoms with E-state index >= 15 is 0 Å². The third kappa shape index (κ3) is 2.51. The summed E-state index contributed by atoms with van der Waals surface area (Å²) in [5, 5.41) is 12.4. The van der Waals surface area contributed by atoms with E-state index in [-0.39, 0.29) is 17.8 Å². The number of aryl methyl sites for hydroxylation is 1. The zero-order chi connectivity index (χ0) is 15.8. The van der Waals surface area contributed by atoms with Crippen LogP contribution in [0.15, 0.2) is 18.2 Å². The maximum Gasteiger partial charge on any atom is 0.245 e. The highest BCUT2D eigenvalue weighted by Gasteiger charge is 2.62. The molecule has 0 aromatic heterocycles. The van der Waals surface area contributed by atoms with Crippen molar-refractivity contribution >= 4 is 11.6 Å². The van der Waals surface area contributed by atoms with Crippen LogP contribution in [0.3, 0.4) is 0 Å². The predicted octanol–water partition coefficient (Wildman–Crippen LogP) is 2.17. The first-order chi connectivity index (χ1) is 9.72. The van der Waals surface area contributed by atoms with Gasteiger partial charge in [-0.3, -0.25) is 4.79 Å². The molecule has 2 unspecified atom stereocenters. The van der Waals surface area contributed by atoms with Crippen molar-refractivity contribution in [2.45, 2.75) is 45.8 Å².